The molecule has 0 fully saturated rings. The van der Waals surface area contributed by atoms with Gasteiger partial charge in [0.1, 0.15) is 11.5 Å². The Morgan fingerprint density at radius 2 is 0.939 bits per heavy atom. The van der Waals surface area contributed by atoms with Gasteiger partial charge in [-0.25, -0.2) is 0 Å². The molecule has 0 unspecified atom stereocenters. The second-order valence-corrected chi connectivity index (χ2v) is 7.88. The summed E-state index contributed by atoms with van der Waals surface area (Å²) in [5.74, 6) is 1.68. The summed E-state index contributed by atoms with van der Waals surface area (Å²) in [6.07, 6.45) is 0. The maximum atomic E-state index is 6.48. The Kier molecular flexibility index (Phi) is 7.30. The van der Waals surface area contributed by atoms with E-state index in [4.69, 9.17) is 21.1 Å². The Bertz CT molecular complexity index is 1390. The Balaban J connectivity index is 0.00000153. The average Bonchev–Trinajstić information content (AvgIpc) is 2.83. The molecule has 0 aliphatic carbocycles. The van der Waals surface area contributed by atoms with Gasteiger partial charge in [0.05, 0.1) is 14.2 Å². The molecule has 0 heterocycles. The van der Waals surface area contributed by atoms with Crippen LogP contribution in [0.4, 0.5) is 0 Å². The van der Waals surface area contributed by atoms with E-state index < -0.39 is 0 Å². The van der Waals surface area contributed by atoms with Crippen LogP contribution in [0.1, 0.15) is 14.9 Å². The normalized spacial score (nSPS) is 10.4. The van der Waals surface area contributed by atoms with Gasteiger partial charge < -0.3 is 9.47 Å². The van der Waals surface area contributed by atoms with Crippen molar-refractivity contribution in [2.45, 2.75) is 14.9 Å². The first-order valence-corrected chi connectivity index (χ1v) is 10.5. The van der Waals surface area contributed by atoms with Crippen LogP contribution in [0.15, 0.2) is 91.0 Å². The fourth-order valence-electron chi connectivity index (χ4n) is 4.29. The van der Waals surface area contributed by atoms with Crippen molar-refractivity contribution in [2.24, 2.45) is 0 Å². The third-order valence-electron chi connectivity index (χ3n) is 5.74. The van der Waals surface area contributed by atoms with Gasteiger partial charge in [0.15, 0.2) is 0 Å². The van der Waals surface area contributed by atoms with Gasteiger partial charge in [0, 0.05) is 5.02 Å². The first-order valence-electron chi connectivity index (χ1n) is 10.1. The molecule has 5 aromatic carbocycles. The van der Waals surface area contributed by atoms with E-state index in [1.807, 2.05) is 30.3 Å². The minimum Gasteiger partial charge on any atom is -0.497 e. The largest absolute Gasteiger partial charge is 0.497 e. The van der Waals surface area contributed by atoms with E-state index in [0.717, 1.165) is 33.0 Å². The summed E-state index contributed by atoms with van der Waals surface area (Å²) in [6, 6.07) is 31.1. The van der Waals surface area contributed by atoms with Gasteiger partial charge in [-0.3, -0.25) is 0 Å². The van der Waals surface area contributed by atoms with Gasteiger partial charge in [-0.2, -0.15) is 0 Å². The number of hydrogen-bond donors (Lipinski definition) is 0. The molecular weight excluding hydrogens is 428 g/mol. The molecule has 0 spiro atoms. The van der Waals surface area contributed by atoms with Crippen molar-refractivity contribution in [3.63, 3.8) is 0 Å². The third-order valence-corrected chi connectivity index (χ3v) is 5.98. The highest BCUT2D eigenvalue weighted by Crippen LogP contribution is 2.44. The lowest BCUT2D eigenvalue weighted by atomic mass is 9.86. The third kappa shape index (κ3) is 4.27. The minimum absolute atomic E-state index is 0. The summed E-state index contributed by atoms with van der Waals surface area (Å²) >= 11 is 6.48. The highest BCUT2D eigenvalue weighted by Gasteiger charge is 2.17. The van der Waals surface area contributed by atoms with Crippen LogP contribution in [0.5, 0.6) is 11.5 Å². The average molecular weight is 457 g/mol. The van der Waals surface area contributed by atoms with E-state index in [9.17, 15) is 0 Å². The molecule has 5 aromatic rings. The van der Waals surface area contributed by atoms with Crippen molar-refractivity contribution >= 4 is 33.1 Å². The van der Waals surface area contributed by atoms with Crippen molar-refractivity contribution in [3.05, 3.63) is 96.0 Å². The van der Waals surface area contributed by atoms with Crippen molar-refractivity contribution < 1.29 is 9.47 Å². The maximum absolute atomic E-state index is 6.48. The number of hydrogen-bond acceptors (Lipinski definition) is 2. The van der Waals surface area contributed by atoms with Crippen LogP contribution in [0.2, 0.25) is 5.02 Å². The van der Waals surface area contributed by atoms with E-state index >= 15 is 0 Å². The molecular formula is C30H29ClO2. The lowest BCUT2D eigenvalue weighted by Crippen LogP contribution is -1.91. The zero-order valence-corrected chi connectivity index (χ0v) is 18.1. The zero-order chi connectivity index (χ0) is 21.4. The van der Waals surface area contributed by atoms with Crippen LogP contribution < -0.4 is 9.47 Å². The Labute approximate surface area is 201 Å². The monoisotopic (exact) mass is 456 g/mol. The van der Waals surface area contributed by atoms with Crippen LogP contribution in [0.3, 0.4) is 0 Å². The van der Waals surface area contributed by atoms with Gasteiger partial charge in [-0.15, -0.1) is 0 Å². The summed E-state index contributed by atoms with van der Waals surface area (Å²) in [5, 5.41) is 5.40. The molecule has 0 saturated heterocycles. The van der Waals surface area contributed by atoms with Gasteiger partial charge >= 0.3 is 0 Å². The second kappa shape index (κ2) is 9.97. The smallest absolute Gasteiger partial charge is 0.118 e. The van der Waals surface area contributed by atoms with Crippen molar-refractivity contribution in [1.29, 1.82) is 0 Å². The summed E-state index contributed by atoms with van der Waals surface area (Å²) in [5.41, 5.74) is 4.64. The van der Waals surface area contributed by atoms with Crippen molar-refractivity contribution in [3.8, 4) is 33.8 Å². The first-order chi connectivity index (χ1) is 15.2. The van der Waals surface area contributed by atoms with E-state index in [1.165, 1.54) is 27.3 Å². The van der Waals surface area contributed by atoms with Gasteiger partial charge in [-0.05, 0) is 80.2 Å². The van der Waals surface area contributed by atoms with Crippen LogP contribution in [-0.4, -0.2) is 14.2 Å². The van der Waals surface area contributed by atoms with Gasteiger partial charge in [0.25, 0.3) is 0 Å². The lowest BCUT2D eigenvalue weighted by molar-refractivity contribution is 0.415. The van der Waals surface area contributed by atoms with E-state index in [-0.39, 0.29) is 14.9 Å². The number of halogens is 1. The molecule has 33 heavy (non-hydrogen) atoms. The molecule has 2 nitrogen and oxygen atoms in total. The molecule has 0 amide bonds. The maximum Gasteiger partial charge on any atom is 0.118 e. The zero-order valence-electron chi connectivity index (χ0n) is 17.4. The number of ether oxygens (including phenoxy) is 2. The molecule has 168 valence electrons. The summed E-state index contributed by atoms with van der Waals surface area (Å²) in [7, 11) is 3.37. The predicted molar refractivity (Wildman–Crippen MR) is 144 cm³/mol. The van der Waals surface area contributed by atoms with Crippen LogP contribution in [0, 0.1) is 0 Å². The number of fused-ring (bicyclic) bond motifs is 2. The standard InChI is InChI=1S/C28H21ClO2.2CH4/c1-30-21-12-7-18(8-13-21)27-23-5-3-4-6-24(23)28(19-9-14-22(31-2)15-10-19)26-17-20(29)11-16-25(26)27;;/h3-17H,1-2H3;2*1H4. The Morgan fingerprint density at radius 3 is 1.39 bits per heavy atom. The van der Waals surface area contributed by atoms with E-state index in [2.05, 4.69) is 60.7 Å². The highest BCUT2D eigenvalue weighted by molar-refractivity contribution is 6.32. The quantitative estimate of drug-likeness (QED) is 0.251. The summed E-state index contributed by atoms with van der Waals surface area (Å²) in [6.45, 7) is 0. The molecule has 0 aromatic heterocycles. The molecule has 0 N–H and O–H groups in total. The van der Waals surface area contributed by atoms with Crippen LogP contribution in [0.25, 0.3) is 43.8 Å². The summed E-state index contributed by atoms with van der Waals surface area (Å²) < 4.78 is 10.7. The van der Waals surface area contributed by atoms with E-state index in [0.29, 0.717) is 0 Å². The predicted octanol–water partition coefficient (Wildman–Crippen LogP) is 9.27. The second-order valence-electron chi connectivity index (χ2n) is 7.44. The Hall–Kier alpha value is -3.49. The molecule has 3 heteroatoms. The Morgan fingerprint density at radius 1 is 0.515 bits per heavy atom. The molecule has 0 atom stereocenters. The molecule has 0 radical (unpaired) electrons. The van der Waals surface area contributed by atoms with Crippen molar-refractivity contribution in [1.82, 2.24) is 0 Å². The fourth-order valence-corrected chi connectivity index (χ4v) is 4.46. The molecule has 0 aliphatic heterocycles. The van der Waals surface area contributed by atoms with Crippen LogP contribution in [-0.2, 0) is 0 Å². The highest BCUT2D eigenvalue weighted by atomic mass is 35.5. The summed E-state index contributed by atoms with van der Waals surface area (Å²) in [4.78, 5) is 0. The van der Waals surface area contributed by atoms with E-state index in [1.54, 1.807) is 14.2 Å². The minimum atomic E-state index is 0. The number of benzene rings is 5. The first kappa shape index (κ1) is 24.2. The number of rotatable bonds is 4. The topological polar surface area (TPSA) is 18.5 Å². The molecule has 5 rings (SSSR count). The lowest BCUT2D eigenvalue weighted by Gasteiger charge is -2.18. The number of methoxy groups -OCH3 is 2. The van der Waals surface area contributed by atoms with Gasteiger partial charge in [-0.1, -0.05) is 81.1 Å². The molecule has 0 aliphatic rings. The van der Waals surface area contributed by atoms with Crippen LogP contribution >= 0.6 is 11.6 Å². The molecule has 0 bridgehead atoms. The van der Waals surface area contributed by atoms with Gasteiger partial charge in [0.2, 0.25) is 0 Å². The molecule has 0 saturated carbocycles. The van der Waals surface area contributed by atoms with Crippen molar-refractivity contribution in [2.75, 3.05) is 14.2 Å². The SMILES string of the molecule is C.C.COc1ccc(-c2c3ccccc3c(-c3ccc(OC)cc3)c3cc(Cl)ccc23)cc1. The fraction of sp³-hybridized carbons (Fsp3) is 0.133.